The fraction of sp³-hybridized carbons (Fsp3) is 0.250. The molecule has 4 rings (SSSR count). The highest BCUT2D eigenvalue weighted by Gasteiger charge is 2.16. The number of ether oxygens (including phenoxy) is 1. The molecule has 2 aromatic carbocycles. The average molecular weight is 351 g/mol. The Balaban J connectivity index is 1.38. The van der Waals surface area contributed by atoms with E-state index >= 15 is 0 Å². The van der Waals surface area contributed by atoms with E-state index in [9.17, 15) is 0 Å². The highest BCUT2D eigenvalue weighted by molar-refractivity contribution is 7.13. The Labute approximate surface area is 152 Å². The van der Waals surface area contributed by atoms with Crippen molar-refractivity contribution in [3.8, 4) is 5.75 Å². The standard InChI is InChI=1S/C20H21N3OS/c1-24-19-8-6-17(7-9-19)21-20-22-18(14-25-20)13-23-11-10-15-4-2-3-5-16(15)12-23/h2-9,14H,10-13H2,1H3,(H,21,22). The van der Waals surface area contributed by atoms with Gasteiger partial charge in [0.25, 0.3) is 0 Å². The number of nitrogens with one attached hydrogen (secondary N) is 1. The Bertz CT molecular complexity index is 844. The van der Waals surface area contributed by atoms with Gasteiger partial charge in [-0.2, -0.15) is 0 Å². The fourth-order valence-electron chi connectivity index (χ4n) is 3.15. The van der Waals surface area contributed by atoms with E-state index in [0.717, 1.165) is 48.3 Å². The number of rotatable bonds is 5. The van der Waals surface area contributed by atoms with Crippen molar-refractivity contribution in [3.05, 3.63) is 70.7 Å². The first-order valence-electron chi connectivity index (χ1n) is 8.45. The lowest BCUT2D eigenvalue weighted by Crippen LogP contribution is -2.30. The normalized spacial score (nSPS) is 14.1. The summed E-state index contributed by atoms with van der Waals surface area (Å²) in [7, 11) is 1.68. The number of benzene rings is 2. The van der Waals surface area contributed by atoms with Crippen molar-refractivity contribution in [2.45, 2.75) is 19.5 Å². The van der Waals surface area contributed by atoms with E-state index in [1.165, 1.54) is 11.1 Å². The molecule has 3 aromatic rings. The summed E-state index contributed by atoms with van der Waals surface area (Å²) in [5.41, 5.74) is 5.08. The predicted molar refractivity (Wildman–Crippen MR) is 103 cm³/mol. The van der Waals surface area contributed by atoms with Gasteiger partial charge in [0.1, 0.15) is 5.75 Å². The molecule has 1 N–H and O–H groups in total. The van der Waals surface area contributed by atoms with Crippen molar-refractivity contribution < 1.29 is 4.74 Å². The van der Waals surface area contributed by atoms with Gasteiger partial charge in [-0.15, -0.1) is 11.3 Å². The van der Waals surface area contributed by atoms with Crippen LogP contribution < -0.4 is 10.1 Å². The molecular formula is C20H21N3OS. The van der Waals surface area contributed by atoms with Crippen LogP contribution in [0.2, 0.25) is 0 Å². The zero-order valence-electron chi connectivity index (χ0n) is 14.2. The molecule has 0 radical (unpaired) electrons. The summed E-state index contributed by atoms with van der Waals surface area (Å²) in [4.78, 5) is 7.20. The van der Waals surface area contributed by atoms with E-state index < -0.39 is 0 Å². The molecule has 5 heteroatoms. The topological polar surface area (TPSA) is 37.4 Å². The third-order valence-electron chi connectivity index (χ3n) is 4.49. The minimum atomic E-state index is 0.857. The summed E-state index contributed by atoms with van der Waals surface area (Å²) >= 11 is 1.65. The molecule has 1 aliphatic rings. The Morgan fingerprint density at radius 3 is 2.72 bits per heavy atom. The molecule has 0 saturated carbocycles. The van der Waals surface area contributed by atoms with E-state index in [1.807, 2.05) is 24.3 Å². The largest absolute Gasteiger partial charge is 0.497 e. The Kier molecular flexibility index (Phi) is 4.68. The number of methoxy groups -OCH3 is 1. The van der Waals surface area contributed by atoms with Gasteiger partial charge in [0.2, 0.25) is 0 Å². The van der Waals surface area contributed by atoms with Crippen molar-refractivity contribution >= 4 is 22.2 Å². The summed E-state index contributed by atoms with van der Waals surface area (Å²) in [6.07, 6.45) is 1.12. The van der Waals surface area contributed by atoms with E-state index in [0.29, 0.717) is 0 Å². The van der Waals surface area contributed by atoms with Crippen molar-refractivity contribution in [1.82, 2.24) is 9.88 Å². The SMILES string of the molecule is COc1ccc(Nc2nc(CN3CCc4ccccc4C3)cs2)cc1. The van der Waals surface area contributed by atoms with Crippen LogP contribution in [0.1, 0.15) is 16.8 Å². The maximum Gasteiger partial charge on any atom is 0.187 e. The van der Waals surface area contributed by atoms with E-state index in [4.69, 9.17) is 9.72 Å². The Hall–Kier alpha value is -2.37. The molecule has 25 heavy (non-hydrogen) atoms. The molecule has 2 heterocycles. The first-order valence-corrected chi connectivity index (χ1v) is 9.33. The number of anilines is 2. The number of hydrogen-bond donors (Lipinski definition) is 1. The second-order valence-electron chi connectivity index (χ2n) is 6.23. The van der Waals surface area contributed by atoms with Crippen LogP contribution in [0, 0.1) is 0 Å². The van der Waals surface area contributed by atoms with Crippen molar-refractivity contribution in [2.75, 3.05) is 19.0 Å². The Morgan fingerprint density at radius 1 is 1.12 bits per heavy atom. The molecule has 0 atom stereocenters. The number of hydrogen-bond acceptors (Lipinski definition) is 5. The number of nitrogens with zero attached hydrogens (tertiary/aromatic N) is 2. The smallest absolute Gasteiger partial charge is 0.187 e. The number of thiazole rings is 1. The predicted octanol–water partition coefficient (Wildman–Crippen LogP) is 4.45. The average Bonchev–Trinajstić information content (AvgIpc) is 3.09. The third kappa shape index (κ3) is 3.83. The van der Waals surface area contributed by atoms with Crippen molar-refractivity contribution in [1.29, 1.82) is 0 Å². The number of aromatic nitrogens is 1. The number of fused-ring (bicyclic) bond motifs is 1. The van der Waals surface area contributed by atoms with Crippen molar-refractivity contribution in [2.24, 2.45) is 0 Å². The van der Waals surface area contributed by atoms with Crippen LogP contribution in [0.25, 0.3) is 0 Å². The van der Waals surface area contributed by atoms with Gasteiger partial charge in [-0.25, -0.2) is 4.98 Å². The van der Waals surface area contributed by atoms with Gasteiger partial charge in [-0.1, -0.05) is 24.3 Å². The minimum Gasteiger partial charge on any atom is -0.497 e. The summed E-state index contributed by atoms with van der Waals surface area (Å²) in [5, 5.41) is 6.44. The quantitative estimate of drug-likeness (QED) is 0.737. The van der Waals surface area contributed by atoms with Gasteiger partial charge in [0, 0.05) is 30.7 Å². The lowest BCUT2D eigenvalue weighted by atomic mass is 10.00. The molecular weight excluding hydrogens is 330 g/mol. The highest BCUT2D eigenvalue weighted by Crippen LogP contribution is 2.25. The van der Waals surface area contributed by atoms with Crippen LogP contribution in [-0.2, 0) is 19.5 Å². The van der Waals surface area contributed by atoms with Gasteiger partial charge < -0.3 is 10.1 Å². The van der Waals surface area contributed by atoms with Gasteiger partial charge >= 0.3 is 0 Å². The van der Waals surface area contributed by atoms with Crippen LogP contribution in [0.15, 0.2) is 53.9 Å². The Morgan fingerprint density at radius 2 is 1.92 bits per heavy atom. The zero-order valence-corrected chi connectivity index (χ0v) is 15.1. The molecule has 0 fully saturated rings. The molecule has 0 bridgehead atoms. The van der Waals surface area contributed by atoms with Crippen LogP contribution in [0.4, 0.5) is 10.8 Å². The van der Waals surface area contributed by atoms with E-state index in [1.54, 1.807) is 18.4 Å². The summed E-state index contributed by atoms with van der Waals surface area (Å²) in [5.74, 6) is 0.857. The lowest BCUT2D eigenvalue weighted by Gasteiger charge is -2.27. The first kappa shape index (κ1) is 16.1. The van der Waals surface area contributed by atoms with Gasteiger partial charge in [-0.05, 0) is 41.8 Å². The molecule has 128 valence electrons. The molecule has 0 unspecified atom stereocenters. The van der Waals surface area contributed by atoms with E-state index in [2.05, 4.69) is 39.9 Å². The summed E-state index contributed by atoms with van der Waals surface area (Å²) in [6.45, 7) is 3.00. The molecule has 0 saturated heterocycles. The first-order chi connectivity index (χ1) is 12.3. The molecule has 1 aromatic heterocycles. The molecule has 0 amide bonds. The maximum atomic E-state index is 5.19. The molecule has 1 aliphatic heterocycles. The van der Waals surface area contributed by atoms with Crippen LogP contribution in [-0.4, -0.2) is 23.5 Å². The van der Waals surface area contributed by atoms with Crippen LogP contribution in [0.5, 0.6) is 5.75 Å². The minimum absolute atomic E-state index is 0.857. The maximum absolute atomic E-state index is 5.19. The highest BCUT2D eigenvalue weighted by atomic mass is 32.1. The summed E-state index contributed by atoms with van der Waals surface area (Å²) < 4.78 is 5.19. The second-order valence-corrected chi connectivity index (χ2v) is 7.08. The monoisotopic (exact) mass is 351 g/mol. The second kappa shape index (κ2) is 7.25. The van der Waals surface area contributed by atoms with Gasteiger partial charge in [0.15, 0.2) is 5.13 Å². The van der Waals surface area contributed by atoms with Crippen LogP contribution >= 0.6 is 11.3 Å². The molecule has 0 spiro atoms. The van der Waals surface area contributed by atoms with Crippen molar-refractivity contribution in [3.63, 3.8) is 0 Å². The van der Waals surface area contributed by atoms with Gasteiger partial charge in [-0.3, -0.25) is 4.90 Å². The summed E-state index contributed by atoms with van der Waals surface area (Å²) in [6, 6.07) is 16.6. The lowest BCUT2D eigenvalue weighted by molar-refractivity contribution is 0.243. The molecule has 4 nitrogen and oxygen atoms in total. The third-order valence-corrected chi connectivity index (χ3v) is 5.29. The zero-order chi connectivity index (χ0) is 17.1. The fourth-order valence-corrected chi connectivity index (χ4v) is 3.87. The van der Waals surface area contributed by atoms with Crippen LogP contribution in [0.3, 0.4) is 0 Å². The van der Waals surface area contributed by atoms with E-state index in [-0.39, 0.29) is 0 Å². The van der Waals surface area contributed by atoms with Gasteiger partial charge in [0.05, 0.1) is 12.8 Å². The molecule has 0 aliphatic carbocycles.